The Morgan fingerprint density at radius 3 is 3.21 bits per heavy atom. The molecule has 2 heterocycles. The van der Waals surface area contributed by atoms with Gasteiger partial charge in [0.1, 0.15) is 0 Å². The van der Waals surface area contributed by atoms with E-state index in [1.54, 1.807) is 12.3 Å². The highest BCUT2D eigenvalue weighted by Crippen LogP contribution is 2.20. The number of aromatic nitrogens is 2. The minimum absolute atomic E-state index is 0.154. The molecule has 0 saturated carbocycles. The Morgan fingerprint density at radius 1 is 1.71 bits per heavy atom. The van der Waals surface area contributed by atoms with Crippen LogP contribution in [0.1, 0.15) is 6.42 Å². The molecule has 0 aliphatic carbocycles. The van der Waals surface area contributed by atoms with Gasteiger partial charge in [0, 0.05) is 19.2 Å². The third-order valence-electron chi connectivity index (χ3n) is 2.63. The van der Waals surface area contributed by atoms with E-state index in [1.807, 2.05) is 0 Å². The summed E-state index contributed by atoms with van der Waals surface area (Å²) in [7, 11) is 0. The van der Waals surface area contributed by atoms with Crippen LogP contribution in [0.15, 0.2) is 17.1 Å². The predicted octanol–water partition coefficient (Wildman–Crippen LogP) is -0.445. The molecule has 1 aliphatic heterocycles. The lowest BCUT2D eigenvalue weighted by molar-refractivity contribution is 0.602. The fourth-order valence-electron chi connectivity index (χ4n) is 1.80. The Bertz CT molecular complexity index is 362. The first-order valence-electron chi connectivity index (χ1n) is 4.79. The Kier molecular flexibility index (Phi) is 2.49. The fraction of sp³-hybridized carbons (Fsp3) is 0.556. The largest absolute Gasteiger partial charge is 0.370 e. The van der Waals surface area contributed by atoms with E-state index in [-0.39, 0.29) is 5.56 Å². The van der Waals surface area contributed by atoms with E-state index in [9.17, 15) is 4.79 Å². The summed E-state index contributed by atoms with van der Waals surface area (Å²) in [5.41, 5.74) is 6.33. The van der Waals surface area contributed by atoms with Gasteiger partial charge in [-0.3, -0.25) is 4.79 Å². The van der Waals surface area contributed by atoms with Gasteiger partial charge >= 0.3 is 0 Å². The zero-order chi connectivity index (χ0) is 9.97. The van der Waals surface area contributed by atoms with Crippen LogP contribution in [0.2, 0.25) is 0 Å². The normalized spacial score (nSPS) is 21.5. The molecule has 1 aliphatic rings. The highest BCUT2D eigenvalue weighted by atomic mass is 16.1. The summed E-state index contributed by atoms with van der Waals surface area (Å²) < 4.78 is 0. The number of nitrogens with zero attached hydrogens (tertiary/aromatic N) is 2. The van der Waals surface area contributed by atoms with Crippen LogP contribution in [0.4, 0.5) is 5.69 Å². The molecule has 1 atom stereocenters. The second-order valence-corrected chi connectivity index (χ2v) is 3.64. The van der Waals surface area contributed by atoms with Crippen LogP contribution in [0, 0.1) is 5.92 Å². The van der Waals surface area contributed by atoms with Crippen molar-refractivity contribution in [1.29, 1.82) is 0 Å². The number of aromatic amines is 1. The molecular formula is C9H14N4O. The molecule has 76 valence electrons. The van der Waals surface area contributed by atoms with Gasteiger partial charge in [0.2, 0.25) is 0 Å². The number of nitrogens with two attached hydrogens (primary N) is 1. The van der Waals surface area contributed by atoms with Crippen molar-refractivity contribution in [2.75, 3.05) is 24.5 Å². The van der Waals surface area contributed by atoms with Gasteiger partial charge in [0.25, 0.3) is 5.56 Å². The van der Waals surface area contributed by atoms with Gasteiger partial charge in [0.05, 0.1) is 11.9 Å². The standard InChI is InChI=1S/C9H14N4O/c10-4-7-1-2-13(6-7)8-3-9(14)12-11-5-8/h3,5,7H,1-2,4,6,10H2,(H,12,14). The van der Waals surface area contributed by atoms with Crippen molar-refractivity contribution in [2.45, 2.75) is 6.42 Å². The first kappa shape index (κ1) is 9.21. The van der Waals surface area contributed by atoms with E-state index < -0.39 is 0 Å². The van der Waals surface area contributed by atoms with E-state index in [4.69, 9.17) is 5.73 Å². The monoisotopic (exact) mass is 194 g/mol. The van der Waals surface area contributed by atoms with E-state index in [0.29, 0.717) is 12.5 Å². The minimum atomic E-state index is -0.154. The molecule has 1 unspecified atom stereocenters. The number of anilines is 1. The topological polar surface area (TPSA) is 75.0 Å². The van der Waals surface area contributed by atoms with Gasteiger partial charge < -0.3 is 10.6 Å². The summed E-state index contributed by atoms with van der Waals surface area (Å²) >= 11 is 0. The molecule has 5 nitrogen and oxygen atoms in total. The zero-order valence-electron chi connectivity index (χ0n) is 7.94. The van der Waals surface area contributed by atoms with Gasteiger partial charge in [-0.05, 0) is 18.9 Å². The molecule has 0 bridgehead atoms. The third-order valence-corrected chi connectivity index (χ3v) is 2.63. The van der Waals surface area contributed by atoms with Crippen molar-refractivity contribution in [3.8, 4) is 0 Å². The van der Waals surface area contributed by atoms with Crippen LogP contribution in [0.3, 0.4) is 0 Å². The van der Waals surface area contributed by atoms with E-state index in [1.165, 1.54) is 0 Å². The highest BCUT2D eigenvalue weighted by Gasteiger charge is 2.21. The molecule has 1 saturated heterocycles. The molecule has 0 amide bonds. The second-order valence-electron chi connectivity index (χ2n) is 3.64. The molecule has 2 rings (SSSR count). The fourth-order valence-corrected chi connectivity index (χ4v) is 1.80. The van der Waals surface area contributed by atoms with Crippen molar-refractivity contribution < 1.29 is 0 Å². The summed E-state index contributed by atoms with van der Waals surface area (Å²) in [4.78, 5) is 13.2. The summed E-state index contributed by atoms with van der Waals surface area (Å²) in [6, 6.07) is 1.58. The molecule has 5 heteroatoms. The highest BCUT2D eigenvalue weighted by molar-refractivity contribution is 5.43. The molecule has 3 N–H and O–H groups in total. The van der Waals surface area contributed by atoms with Gasteiger partial charge in [-0.1, -0.05) is 0 Å². The van der Waals surface area contributed by atoms with Crippen LogP contribution < -0.4 is 16.2 Å². The Morgan fingerprint density at radius 2 is 2.57 bits per heavy atom. The third kappa shape index (κ3) is 1.77. The van der Waals surface area contributed by atoms with Crippen molar-refractivity contribution in [1.82, 2.24) is 10.2 Å². The zero-order valence-corrected chi connectivity index (χ0v) is 7.94. The summed E-state index contributed by atoms with van der Waals surface area (Å²) in [6.07, 6.45) is 2.78. The quantitative estimate of drug-likeness (QED) is 0.669. The maximum atomic E-state index is 11.0. The predicted molar refractivity (Wildman–Crippen MR) is 54.2 cm³/mol. The van der Waals surface area contributed by atoms with Crippen molar-refractivity contribution in [2.24, 2.45) is 11.7 Å². The lowest BCUT2D eigenvalue weighted by Gasteiger charge is -2.16. The molecule has 0 aromatic carbocycles. The molecule has 14 heavy (non-hydrogen) atoms. The Labute approximate surface area is 81.9 Å². The summed E-state index contributed by atoms with van der Waals surface area (Å²) in [5.74, 6) is 0.550. The second kappa shape index (κ2) is 3.79. The van der Waals surface area contributed by atoms with Gasteiger partial charge in [0.15, 0.2) is 0 Å². The lowest BCUT2D eigenvalue weighted by Crippen LogP contribution is -2.24. The number of rotatable bonds is 2. The molecular weight excluding hydrogens is 180 g/mol. The smallest absolute Gasteiger partial charge is 0.266 e. The maximum Gasteiger partial charge on any atom is 0.266 e. The summed E-state index contributed by atoms with van der Waals surface area (Å²) in [6.45, 7) is 2.61. The maximum absolute atomic E-state index is 11.0. The molecule has 0 spiro atoms. The summed E-state index contributed by atoms with van der Waals surface area (Å²) in [5, 5.41) is 6.13. The molecule has 1 aromatic heterocycles. The van der Waals surface area contributed by atoms with Crippen molar-refractivity contribution >= 4 is 5.69 Å². The van der Waals surface area contributed by atoms with Crippen LogP contribution in [-0.2, 0) is 0 Å². The van der Waals surface area contributed by atoms with E-state index in [2.05, 4.69) is 15.1 Å². The number of H-pyrrole nitrogens is 1. The van der Waals surface area contributed by atoms with E-state index in [0.717, 1.165) is 25.2 Å². The average Bonchev–Trinajstić information content (AvgIpc) is 2.66. The Hall–Kier alpha value is -1.36. The van der Waals surface area contributed by atoms with Gasteiger partial charge in [-0.15, -0.1) is 0 Å². The number of hydrogen-bond acceptors (Lipinski definition) is 4. The van der Waals surface area contributed by atoms with Crippen LogP contribution in [-0.4, -0.2) is 29.8 Å². The number of nitrogens with one attached hydrogen (secondary N) is 1. The molecule has 0 radical (unpaired) electrons. The average molecular weight is 194 g/mol. The number of hydrogen-bond donors (Lipinski definition) is 2. The van der Waals surface area contributed by atoms with Gasteiger partial charge in [-0.25, -0.2) is 5.10 Å². The van der Waals surface area contributed by atoms with Crippen molar-refractivity contribution in [3.05, 3.63) is 22.6 Å². The first-order valence-corrected chi connectivity index (χ1v) is 4.79. The Balaban J connectivity index is 2.13. The first-order chi connectivity index (χ1) is 6.79. The van der Waals surface area contributed by atoms with Crippen molar-refractivity contribution in [3.63, 3.8) is 0 Å². The van der Waals surface area contributed by atoms with Crippen LogP contribution in [0.25, 0.3) is 0 Å². The SMILES string of the molecule is NCC1CCN(c2cn[nH]c(=O)c2)C1. The molecule has 1 aromatic rings. The van der Waals surface area contributed by atoms with Crippen LogP contribution >= 0.6 is 0 Å². The lowest BCUT2D eigenvalue weighted by atomic mass is 10.1. The van der Waals surface area contributed by atoms with Crippen LogP contribution in [0.5, 0.6) is 0 Å². The minimum Gasteiger partial charge on any atom is -0.370 e. The van der Waals surface area contributed by atoms with Gasteiger partial charge in [-0.2, -0.15) is 5.10 Å². The van der Waals surface area contributed by atoms with E-state index >= 15 is 0 Å². The molecule has 1 fully saturated rings.